The van der Waals surface area contributed by atoms with Crippen molar-refractivity contribution in [1.29, 1.82) is 0 Å². The summed E-state index contributed by atoms with van der Waals surface area (Å²) in [5.74, 6) is -0.804. The maximum absolute atomic E-state index is 12.6. The van der Waals surface area contributed by atoms with Gasteiger partial charge in [-0.25, -0.2) is 0 Å². The van der Waals surface area contributed by atoms with Crippen molar-refractivity contribution in [2.24, 2.45) is 5.92 Å². The monoisotopic (exact) mass is 316 g/mol. The van der Waals surface area contributed by atoms with Crippen LogP contribution in [0.2, 0.25) is 0 Å². The minimum absolute atomic E-state index is 0.132. The smallest absolute Gasteiger partial charge is 0.198 e. The Morgan fingerprint density at radius 2 is 2.00 bits per heavy atom. The number of methoxy groups -OCH3 is 1. The van der Waals surface area contributed by atoms with E-state index >= 15 is 0 Å². The third-order valence-electron chi connectivity index (χ3n) is 5.42. The second-order valence-corrected chi connectivity index (χ2v) is 6.98. The van der Waals surface area contributed by atoms with Crippen LogP contribution in [0.4, 0.5) is 4.39 Å². The van der Waals surface area contributed by atoms with Gasteiger partial charge in [-0.05, 0) is 31.6 Å². The Morgan fingerprint density at radius 1 is 1.18 bits per heavy atom. The van der Waals surface area contributed by atoms with E-state index in [0.717, 1.165) is 19.4 Å². The Bertz CT molecular complexity index is 361. The van der Waals surface area contributed by atoms with Crippen LogP contribution in [-0.2, 0) is 18.9 Å². The highest BCUT2D eigenvalue weighted by atomic mass is 19.1. The van der Waals surface area contributed by atoms with Crippen molar-refractivity contribution in [3.05, 3.63) is 0 Å². The quantitative estimate of drug-likeness (QED) is 0.719. The van der Waals surface area contributed by atoms with Crippen LogP contribution in [0.5, 0.6) is 0 Å². The molecule has 2 bridgehead atoms. The molecular weight excluding hydrogens is 287 g/mol. The van der Waals surface area contributed by atoms with Crippen molar-refractivity contribution in [2.75, 3.05) is 27.0 Å². The minimum atomic E-state index is -0.814. The Balaban J connectivity index is 1.60. The van der Waals surface area contributed by atoms with E-state index in [1.807, 2.05) is 0 Å². The van der Waals surface area contributed by atoms with Gasteiger partial charge in [-0.2, -0.15) is 0 Å². The van der Waals surface area contributed by atoms with Crippen molar-refractivity contribution in [1.82, 2.24) is 0 Å². The zero-order chi connectivity index (χ0) is 15.5. The molecule has 0 aromatic heterocycles. The maximum atomic E-state index is 12.6. The van der Waals surface area contributed by atoms with E-state index in [-0.39, 0.29) is 12.8 Å². The fourth-order valence-electron chi connectivity index (χ4n) is 4.12. The van der Waals surface area contributed by atoms with Crippen LogP contribution < -0.4 is 0 Å². The van der Waals surface area contributed by atoms with Gasteiger partial charge < -0.3 is 18.9 Å². The predicted molar refractivity (Wildman–Crippen MR) is 80.3 cm³/mol. The first-order chi connectivity index (χ1) is 10.7. The average molecular weight is 316 g/mol. The summed E-state index contributed by atoms with van der Waals surface area (Å²) in [6, 6.07) is 0. The molecule has 128 valence electrons. The molecule has 22 heavy (non-hydrogen) atoms. The van der Waals surface area contributed by atoms with Crippen LogP contribution in [-0.4, -0.2) is 44.7 Å². The normalized spacial score (nSPS) is 39.3. The van der Waals surface area contributed by atoms with E-state index in [4.69, 9.17) is 18.9 Å². The van der Waals surface area contributed by atoms with Crippen LogP contribution in [0.1, 0.15) is 57.8 Å². The molecule has 1 aliphatic carbocycles. The summed E-state index contributed by atoms with van der Waals surface area (Å²) >= 11 is 0. The lowest BCUT2D eigenvalue weighted by molar-refractivity contribution is -0.328. The second-order valence-electron chi connectivity index (χ2n) is 6.98. The molecule has 0 amide bonds. The van der Waals surface area contributed by atoms with Gasteiger partial charge in [0, 0.05) is 20.0 Å². The van der Waals surface area contributed by atoms with Crippen molar-refractivity contribution in [3.63, 3.8) is 0 Å². The number of alkyl halides is 1. The van der Waals surface area contributed by atoms with Gasteiger partial charge in [0.2, 0.25) is 0 Å². The number of hydrogen-bond donors (Lipinski definition) is 0. The zero-order valence-electron chi connectivity index (χ0n) is 13.7. The number of rotatable bonds is 7. The third kappa shape index (κ3) is 3.32. The summed E-state index contributed by atoms with van der Waals surface area (Å²) < 4.78 is 36.5. The van der Waals surface area contributed by atoms with E-state index in [0.29, 0.717) is 25.4 Å². The molecule has 0 spiro atoms. The Hall–Kier alpha value is -0.230. The molecule has 1 unspecified atom stereocenters. The van der Waals surface area contributed by atoms with Gasteiger partial charge in [0.25, 0.3) is 0 Å². The lowest BCUT2D eigenvalue weighted by atomic mass is 9.90. The first-order valence-corrected chi connectivity index (χ1v) is 8.79. The molecular formula is C17H29FO4. The number of fused-ring (bicyclic) bond motifs is 2. The first kappa shape index (κ1) is 16.6. The molecule has 0 N–H and O–H groups in total. The number of halogens is 1. The van der Waals surface area contributed by atoms with E-state index in [2.05, 4.69) is 0 Å². The highest BCUT2D eigenvalue weighted by molar-refractivity contribution is 4.96. The lowest BCUT2D eigenvalue weighted by Crippen LogP contribution is -2.52. The Morgan fingerprint density at radius 3 is 2.73 bits per heavy atom. The summed E-state index contributed by atoms with van der Waals surface area (Å²) in [6.07, 6.45) is 8.93. The van der Waals surface area contributed by atoms with Crippen LogP contribution in [0, 0.1) is 5.92 Å². The summed E-state index contributed by atoms with van der Waals surface area (Å²) in [4.78, 5) is 0. The van der Waals surface area contributed by atoms with Gasteiger partial charge in [-0.15, -0.1) is 0 Å². The summed E-state index contributed by atoms with van der Waals surface area (Å²) in [5, 5.41) is 0. The summed E-state index contributed by atoms with van der Waals surface area (Å²) in [6.45, 7) is 0.826. The topological polar surface area (TPSA) is 36.9 Å². The van der Waals surface area contributed by atoms with E-state index in [1.54, 1.807) is 7.11 Å². The molecule has 0 aromatic rings. The first-order valence-electron chi connectivity index (χ1n) is 8.79. The zero-order valence-corrected chi connectivity index (χ0v) is 13.7. The molecule has 2 saturated heterocycles. The molecule has 1 saturated carbocycles. The number of hydrogen-bond acceptors (Lipinski definition) is 4. The van der Waals surface area contributed by atoms with Crippen molar-refractivity contribution in [3.8, 4) is 0 Å². The van der Waals surface area contributed by atoms with E-state index in [9.17, 15) is 4.39 Å². The molecule has 0 radical (unpaired) electrons. The average Bonchev–Trinajstić information content (AvgIpc) is 2.87. The molecule has 3 rings (SSSR count). The summed E-state index contributed by atoms with van der Waals surface area (Å²) in [5.41, 5.74) is 0. The minimum Gasteiger partial charge on any atom is -0.376 e. The fraction of sp³-hybridized carbons (Fsp3) is 1.00. The van der Waals surface area contributed by atoms with Crippen molar-refractivity contribution in [2.45, 2.75) is 75.5 Å². The van der Waals surface area contributed by atoms with Gasteiger partial charge in [0.05, 0.1) is 13.3 Å². The van der Waals surface area contributed by atoms with Crippen LogP contribution in [0.15, 0.2) is 0 Å². The largest absolute Gasteiger partial charge is 0.376 e. The fourth-order valence-corrected chi connectivity index (χ4v) is 4.12. The molecule has 3 fully saturated rings. The second kappa shape index (κ2) is 7.12. The van der Waals surface area contributed by atoms with Crippen LogP contribution in [0.25, 0.3) is 0 Å². The standard InChI is InChI=1S/C17H29FO4/c1-19-15-8-10-16(20-12-14-6-3-2-4-7-14)13-21-17(15,22-16)9-5-11-18/h14-15H,2-13H2,1H3/t15-,16-,17?/m1/s1. The van der Waals surface area contributed by atoms with Crippen LogP contribution >= 0.6 is 0 Å². The van der Waals surface area contributed by atoms with Gasteiger partial charge in [0.1, 0.15) is 12.7 Å². The highest BCUT2D eigenvalue weighted by Crippen LogP contribution is 2.47. The molecule has 2 aliphatic heterocycles. The van der Waals surface area contributed by atoms with Gasteiger partial charge in [-0.1, -0.05) is 19.3 Å². The lowest BCUT2D eigenvalue weighted by Gasteiger charge is -2.42. The summed E-state index contributed by atoms with van der Waals surface area (Å²) in [7, 11) is 1.67. The molecule has 3 atom stereocenters. The number of ether oxygens (including phenoxy) is 4. The molecule has 3 aliphatic rings. The van der Waals surface area contributed by atoms with E-state index < -0.39 is 11.6 Å². The maximum Gasteiger partial charge on any atom is 0.198 e. The SMILES string of the molecule is CO[C@@H]1CC[C@]2(OCC3CCCCC3)COC1(CCCF)O2. The molecule has 4 nitrogen and oxygen atoms in total. The molecule has 2 heterocycles. The Labute approximate surface area is 132 Å². The van der Waals surface area contributed by atoms with E-state index in [1.165, 1.54) is 32.1 Å². The van der Waals surface area contributed by atoms with Crippen molar-refractivity contribution >= 4 is 0 Å². The van der Waals surface area contributed by atoms with Gasteiger partial charge in [-0.3, -0.25) is 4.39 Å². The molecule has 5 heteroatoms. The van der Waals surface area contributed by atoms with Crippen molar-refractivity contribution < 1.29 is 23.3 Å². The Kier molecular flexibility index (Phi) is 5.38. The molecule has 0 aromatic carbocycles. The highest BCUT2D eigenvalue weighted by Gasteiger charge is 2.59. The predicted octanol–water partition coefficient (Wildman–Crippen LogP) is 3.58. The van der Waals surface area contributed by atoms with Gasteiger partial charge in [0.15, 0.2) is 11.6 Å². The third-order valence-corrected chi connectivity index (χ3v) is 5.42. The van der Waals surface area contributed by atoms with Crippen LogP contribution in [0.3, 0.4) is 0 Å². The van der Waals surface area contributed by atoms with Gasteiger partial charge >= 0.3 is 0 Å².